The Morgan fingerprint density at radius 1 is 1.13 bits per heavy atom. The quantitative estimate of drug-likeness (QED) is 0.652. The number of aryl methyl sites for hydroxylation is 1. The van der Waals surface area contributed by atoms with E-state index in [0.717, 1.165) is 6.42 Å². The normalized spacial score (nSPS) is 11.2. The van der Waals surface area contributed by atoms with Gasteiger partial charge in [0.2, 0.25) is 0 Å². The van der Waals surface area contributed by atoms with Gasteiger partial charge >= 0.3 is 5.69 Å². The average Bonchev–Trinajstić information content (AvgIpc) is 2.68. The van der Waals surface area contributed by atoms with E-state index < -0.39 is 17.2 Å². The van der Waals surface area contributed by atoms with Crippen molar-refractivity contribution in [3.63, 3.8) is 0 Å². The topological polar surface area (TPSA) is 110 Å². The first-order chi connectivity index (χ1) is 14.1. The Kier molecular flexibility index (Phi) is 7.86. The zero-order valence-electron chi connectivity index (χ0n) is 18.4. The Balaban J connectivity index is 2.35. The third kappa shape index (κ3) is 5.75. The van der Waals surface area contributed by atoms with Crippen molar-refractivity contribution < 1.29 is 9.53 Å². The van der Waals surface area contributed by atoms with Gasteiger partial charge in [-0.1, -0.05) is 46.8 Å². The molecule has 1 amide bonds. The molecular formula is C22H32N4O4. The third-order valence-corrected chi connectivity index (χ3v) is 4.57. The maximum atomic E-state index is 13.0. The molecule has 0 aliphatic carbocycles. The summed E-state index contributed by atoms with van der Waals surface area (Å²) in [5.41, 5.74) is 6.08. The number of hydrogen-bond donors (Lipinski definition) is 2. The van der Waals surface area contributed by atoms with Crippen LogP contribution < -0.4 is 26.6 Å². The minimum atomic E-state index is -0.682. The summed E-state index contributed by atoms with van der Waals surface area (Å²) in [4.78, 5) is 41.4. The van der Waals surface area contributed by atoms with Crippen molar-refractivity contribution in [3.8, 4) is 5.75 Å². The van der Waals surface area contributed by atoms with Crippen LogP contribution in [0.2, 0.25) is 0 Å². The predicted octanol–water partition coefficient (Wildman–Crippen LogP) is 2.41. The maximum absolute atomic E-state index is 13.0. The fourth-order valence-corrected chi connectivity index (χ4v) is 3.11. The number of H-pyrrole nitrogens is 1. The van der Waals surface area contributed by atoms with E-state index in [1.54, 1.807) is 0 Å². The number of nitrogen functional groups attached to an aromatic ring is 1. The van der Waals surface area contributed by atoms with Gasteiger partial charge in [0.25, 0.3) is 11.5 Å². The molecule has 0 aliphatic rings. The second kappa shape index (κ2) is 10.1. The Bertz CT molecular complexity index is 974. The lowest BCUT2D eigenvalue weighted by molar-refractivity contribution is -0.120. The lowest BCUT2D eigenvalue weighted by Gasteiger charge is -2.26. The van der Waals surface area contributed by atoms with Crippen LogP contribution in [0.1, 0.15) is 40.2 Å². The molecule has 0 bridgehead atoms. The van der Waals surface area contributed by atoms with Crippen LogP contribution in [0.4, 0.5) is 11.5 Å². The van der Waals surface area contributed by atoms with Gasteiger partial charge in [-0.15, -0.1) is 0 Å². The van der Waals surface area contributed by atoms with Crippen molar-refractivity contribution in [1.29, 1.82) is 0 Å². The van der Waals surface area contributed by atoms with Crippen LogP contribution in [0.25, 0.3) is 0 Å². The highest BCUT2D eigenvalue weighted by Crippen LogP contribution is 2.20. The number of benzene rings is 1. The maximum Gasteiger partial charge on any atom is 0.330 e. The largest absolute Gasteiger partial charge is 0.484 e. The number of aromatic nitrogens is 2. The summed E-state index contributed by atoms with van der Waals surface area (Å²) in [6.07, 6.45) is 0.912. The molecule has 8 nitrogen and oxygen atoms in total. The molecule has 164 valence electrons. The smallest absolute Gasteiger partial charge is 0.330 e. The monoisotopic (exact) mass is 416 g/mol. The van der Waals surface area contributed by atoms with Crippen molar-refractivity contribution in [2.75, 3.05) is 23.8 Å². The number of hydrogen-bond acceptors (Lipinski definition) is 5. The lowest BCUT2D eigenvalue weighted by atomic mass is 10.2. The average molecular weight is 417 g/mol. The van der Waals surface area contributed by atoms with Crippen LogP contribution in [0, 0.1) is 11.8 Å². The number of rotatable bonds is 9. The molecule has 0 aliphatic heterocycles. The van der Waals surface area contributed by atoms with Gasteiger partial charge in [-0.25, -0.2) is 4.79 Å². The van der Waals surface area contributed by atoms with Gasteiger partial charge in [0.1, 0.15) is 11.6 Å². The first-order valence-corrected chi connectivity index (χ1v) is 10.3. The number of aromatic amines is 1. The van der Waals surface area contributed by atoms with E-state index in [1.165, 1.54) is 15.0 Å². The minimum absolute atomic E-state index is 0.0149. The van der Waals surface area contributed by atoms with Crippen molar-refractivity contribution in [1.82, 2.24) is 9.55 Å². The molecular weight excluding hydrogens is 384 g/mol. The zero-order valence-corrected chi connectivity index (χ0v) is 18.4. The number of carbonyl (C=O) groups excluding carboxylic acids is 1. The molecule has 0 radical (unpaired) electrons. The fraction of sp³-hybridized carbons (Fsp3) is 0.500. The van der Waals surface area contributed by atoms with Gasteiger partial charge in [0, 0.05) is 13.1 Å². The highest BCUT2D eigenvalue weighted by Gasteiger charge is 2.25. The molecule has 2 rings (SSSR count). The van der Waals surface area contributed by atoms with Crippen LogP contribution in [0.3, 0.4) is 0 Å². The zero-order chi connectivity index (χ0) is 22.4. The summed E-state index contributed by atoms with van der Waals surface area (Å²) in [6, 6.07) is 7.50. The Hall–Kier alpha value is -3.03. The second-order valence-electron chi connectivity index (χ2n) is 8.18. The molecule has 2 aromatic rings. The van der Waals surface area contributed by atoms with E-state index in [0.29, 0.717) is 12.3 Å². The number of nitrogens with two attached hydrogens (primary N) is 1. The Morgan fingerprint density at radius 3 is 2.30 bits per heavy atom. The SMILES string of the molecule is CCc1ccc(OCC(=O)N(CC(C)C)c2c(N)n(CC(C)C)c(=O)[nH]c2=O)cc1. The van der Waals surface area contributed by atoms with E-state index in [2.05, 4.69) is 11.9 Å². The van der Waals surface area contributed by atoms with E-state index in [1.807, 2.05) is 52.0 Å². The summed E-state index contributed by atoms with van der Waals surface area (Å²) in [5.74, 6) is 0.347. The number of carbonyl (C=O) groups is 1. The first-order valence-electron chi connectivity index (χ1n) is 10.3. The summed E-state index contributed by atoms with van der Waals surface area (Å²) in [6.45, 7) is 10.1. The summed E-state index contributed by atoms with van der Waals surface area (Å²) in [5, 5.41) is 0. The molecule has 8 heteroatoms. The molecule has 1 aromatic carbocycles. The van der Waals surface area contributed by atoms with Gasteiger partial charge < -0.3 is 15.4 Å². The van der Waals surface area contributed by atoms with Gasteiger partial charge in [-0.05, 0) is 36.0 Å². The number of ether oxygens (including phenoxy) is 1. The molecule has 0 unspecified atom stereocenters. The van der Waals surface area contributed by atoms with Crippen molar-refractivity contribution >= 4 is 17.4 Å². The van der Waals surface area contributed by atoms with Crippen LogP contribution in [0.15, 0.2) is 33.9 Å². The molecule has 30 heavy (non-hydrogen) atoms. The highest BCUT2D eigenvalue weighted by atomic mass is 16.5. The summed E-state index contributed by atoms with van der Waals surface area (Å²) < 4.78 is 6.93. The van der Waals surface area contributed by atoms with Crippen LogP contribution in [-0.4, -0.2) is 28.6 Å². The molecule has 0 saturated carbocycles. The van der Waals surface area contributed by atoms with E-state index in [4.69, 9.17) is 10.5 Å². The van der Waals surface area contributed by atoms with Crippen molar-refractivity contribution in [3.05, 3.63) is 50.7 Å². The van der Waals surface area contributed by atoms with Crippen molar-refractivity contribution in [2.24, 2.45) is 11.8 Å². The fourth-order valence-electron chi connectivity index (χ4n) is 3.11. The van der Waals surface area contributed by atoms with Crippen molar-refractivity contribution in [2.45, 2.75) is 47.6 Å². The number of amides is 1. The molecule has 0 saturated heterocycles. The predicted molar refractivity (Wildman–Crippen MR) is 119 cm³/mol. The summed E-state index contributed by atoms with van der Waals surface area (Å²) in [7, 11) is 0. The lowest BCUT2D eigenvalue weighted by Crippen LogP contribution is -2.44. The molecule has 1 heterocycles. The second-order valence-corrected chi connectivity index (χ2v) is 8.18. The third-order valence-electron chi connectivity index (χ3n) is 4.57. The van der Waals surface area contributed by atoms with E-state index >= 15 is 0 Å². The van der Waals surface area contributed by atoms with Gasteiger partial charge in [0.15, 0.2) is 12.3 Å². The minimum Gasteiger partial charge on any atom is -0.484 e. The van der Waals surface area contributed by atoms with Crippen LogP contribution >= 0.6 is 0 Å². The van der Waals surface area contributed by atoms with Gasteiger partial charge in [-0.2, -0.15) is 0 Å². The Morgan fingerprint density at radius 2 is 1.77 bits per heavy atom. The molecule has 0 fully saturated rings. The summed E-state index contributed by atoms with van der Waals surface area (Å²) >= 11 is 0. The first kappa shape index (κ1) is 23.3. The van der Waals surface area contributed by atoms with Gasteiger partial charge in [-0.3, -0.25) is 19.1 Å². The standard InChI is InChI=1S/C22H32N4O4/c1-6-16-7-9-17(10-8-16)30-13-18(27)25(11-14(2)3)19-20(23)26(12-15(4)5)22(29)24-21(19)28/h7-10,14-15H,6,11-13,23H2,1-5H3,(H,24,28,29). The van der Waals surface area contributed by atoms with Gasteiger partial charge in [0.05, 0.1) is 0 Å². The molecule has 1 aromatic heterocycles. The molecule has 3 N–H and O–H groups in total. The number of nitrogens with one attached hydrogen (secondary N) is 1. The van der Waals surface area contributed by atoms with Crippen LogP contribution in [-0.2, 0) is 17.8 Å². The highest BCUT2D eigenvalue weighted by molar-refractivity contribution is 5.96. The van der Waals surface area contributed by atoms with E-state index in [9.17, 15) is 14.4 Å². The number of nitrogens with zero attached hydrogens (tertiary/aromatic N) is 2. The van der Waals surface area contributed by atoms with Crippen LogP contribution in [0.5, 0.6) is 5.75 Å². The molecule has 0 spiro atoms. The number of anilines is 2. The van der Waals surface area contributed by atoms with E-state index in [-0.39, 0.29) is 36.5 Å². The Labute approximate surface area is 176 Å². The molecule has 0 atom stereocenters.